The molecule has 0 aliphatic carbocycles. The fourth-order valence-corrected chi connectivity index (χ4v) is 2.78. The molecule has 1 aliphatic heterocycles. The van der Waals surface area contributed by atoms with Gasteiger partial charge < -0.3 is 14.8 Å². The van der Waals surface area contributed by atoms with Crippen molar-refractivity contribution in [2.24, 2.45) is 0 Å². The summed E-state index contributed by atoms with van der Waals surface area (Å²) >= 11 is 0.921. The molecule has 5 nitrogen and oxygen atoms in total. The number of nitrogens with one attached hydrogen (secondary N) is 1. The highest BCUT2D eigenvalue weighted by Gasteiger charge is 2.33. The minimum atomic E-state index is -4.44. The van der Waals surface area contributed by atoms with E-state index in [0.717, 1.165) is 16.7 Å². The van der Waals surface area contributed by atoms with Crippen LogP contribution in [0.3, 0.4) is 0 Å². The number of aromatic nitrogens is 1. The minimum absolute atomic E-state index is 0.117. The Morgan fingerprint density at radius 3 is 2.83 bits per heavy atom. The van der Waals surface area contributed by atoms with Crippen LogP contribution in [0.25, 0.3) is 0 Å². The molecule has 0 atom stereocenters. The number of fused-ring (bicyclic) bond motifs is 1. The molecule has 1 amide bonds. The van der Waals surface area contributed by atoms with Gasteiger partial charge in [-0.1, -0.05) is 0 Å². The van der Waals surface area contributed by atoms with Gasteiger partial charge in [0.1, 0.15) is 0 Å². The molecule has 1 aromatic heterocycles. The van der Waals surface area contributed by atoms with Crippen LogP contribution in [0.5, 0.6) is 11.5 Å². The predicted octanol–water partition coefficient (Wildman–Crippen LogP) is 2.86. The van der Waals surface area contributed by atoms with E-state index < -0.39 is 11.9 Å². The van der Waals surface area contributed by atoms with Crippen LogP contribution in [0.1, 0.15) is 21.1 Å². The largest absolute Gasteiger partial charge is 0.454 e. The maximum absolute atomic E-state index is 12.4. The normalized spacial score (nSPS) is 13.2. The van der Waals surface area contributed by atoms with Crippen molar-refractivity contribution in [1.29, 1.82) is 0 Å². The van der Waals surface area contributed by atoms with Gasteiger partial charge in [0.2, 0.25) is 6.79 Å². The number of ether oxygens (including phenoxy) is 2. The first kappa shape index (κ1) is 15.6. The van der Waals surface area contributed by atoms with Crippen LogP contribution in [0.4, 0.5) is 13.2 Å². The van der Waals surface area contributed by atoms with Crippen molar-refractivity contribution in [3.8, 4) is 11.5 Å². The first-order chi connectivity index (χ1) is 10.9. The van der Waals surface area contributed by atoms with Crippen molar-refractivity contribution in [2.45, 2.75) is 12.6 Å². The molecule has 23 heavy (non-hydrogen) atoms. The van der Waals surface area contributed by atoms with Crippen molar-refractivity contribution in [2.75, 3.05) is 13.3 Å². The Hall–Kier alpha value is -2.29. The summed E-state index contributed by atoms with van der Waals surface area (Å²) in [5, 5.41) is 3.93. The zero-order valence-corrected chi connectivity index (χ0v) is 12.5. The summed E-state index contributed by atoms with van der Waals surface area (Å²) in [6.07, 6.45) is -4.21. The van der Waals surface area contributed by atoms with Crippen molar-refractivity contribution < 1.29 is 27.4 Å². The molecule has 1 aliphatic rings. The predicted molar refractivity (Wildman–Crippen MR) is 75.7 cm³/mol. The lowest BCUT2D eigenvalue weighted by atomic mass is 10.2. The standard InChI is InChI=1S/C14H11F3N2O3S/c15-14(16,17)11-6-23-12(19-11)3-4-18-13(20)8-1-2-9-10(5-8)22-7-21-9/h1-2,5-6H,3-4,7H2,(H,18,20). The summed E-state index contributed by atoms with van der Waals surface area (Å²) in [5.74, 6) is 0.729. The molecule has 2 heterocycles. The van der Waals surface area contributed by atoms with Gasteiger partial charge in [-0.25, -0.2) is 4.98 Å². The Kier molecular flexibility index (Phi) is 4.12. The molecule has 9 heteroatoms. The quantitative estimate of drug-likeness (QED) is 0.927. The van der Waals surface area contributed by atoms with Gasteiger partial charge in [0.15, 0.2) is 17.2 Å². The van der Waals surface area contributed by atoms with E-state index in [2.05, 4.69) is 10.3 Å². The van der Waals surface area contributed by atoms with Crippen LogP contribution < -0.4 is 14.8 Å². The molecule has 2 aromatic rings. The molecule has 0 saturated heterocycles. The smallest absolute Gasteiger partial charge is 0.434 e. The highest BCUT2D eigenvalue weighted by atomic mass is 32.1. The Labute approximate surface area is 133 Å². The van der Waals surface area contributed by atoms with E-state index in [1.165, 1.54) is 0 Å². The topological polar surface area (TPSA) is 60.5 Å². The number of thiazole rings is 1. The molecule has 3 rings (SSSR count). The van der Waals surface area contributed by atoms with E-state index in [1.807, 2.05) is 0 Å². The lowest BCUT2D eigenvalue weighted by Crippen LogP contribution is -2.25. The van der Waals surface area contributed by atoms with Gasteiger partial charge in [-0.2, -0.15) is 13.2 Å². The zero-order chi connectivity index (χ0) is 16.4. The lowest BCUT2D eigenvalue weighted by Gasteiger charge is -2.05. The Morgan fingerprint density at radius 1 is 1.30 bits per heavy atom. The number of benzene rings is 1. The number of carbonyl (C=O) groups is 1. The summed E-state index contributed by atoms with van der Waals surface area (Å²) in [7, 11) is 0. The highest BCUT2D eigenvalue weighted by molar-refractivity contribution is 7.09. The number of amides is 1. The van der Waals surface area contributed by atoms with E-state index in [9.17, 15) is 18.0 Å². The van der Waals surface area contributed by atoms with Crippen LogP contribution in [0, 0.1) is 0 Å². The Morgan fingerprint density at radius 2 is 2.09 bits per heavy atom. The average molecular weight is 344 g/mol. The van der Waals surface area contributed by atoms with Crippen LogP contribution in [0.2, 0.25) is 0 Å². The second-order valence-electron chi connectivity index (χ2n) is 4.70. The molecule has 0 unspecified atom stereocenters. The van der Waals surface area contributed by atoms with Gasteiger partial charge in [0, 0.05) is 23.9 Å². The average Bonchev–Trinajstić information content (AvgIpc) is 3.14. The zero-order valence-electron chi connectivity index (χ0n) is 11.6. The third-order valence-corrected chi connectivity index (χ3v) is 4.01. The van der Waals surface area contributed by atoms with Crippen LogP contribution in [-0.4, -0.2) is 24.2 Å². The van der Waals surface area contributed by atoms with Gasteiger partial charge >= 0.3 is 6.18 Å². The molecular weight excluding hydrogens is 333 g/mol. The van der Waals surface area contributed by atoms with Gasteiger partial charge in [-0.05, 0) is 18.2 Å². The van der Waals surface area contributed by atoms with Crippen LogP contribution in [-0.2, 0) is 12.6 Å². The number of hydrogen-bond donors (Lipinski definition) is 1. The summed E-state index contributed by atoms with van der Waals surface area (Å²) < 4.78 is 47.6. The number of halogens is 3. The third-order valence-electron chi connectivity index (χ3n) is 3.10. The first-order valence-corrected chi connectivity index (χ1v) is 7.51. The number of alkyl halides is 3. The van der Waals surface area contributed by atoms with E-state index in [0.29, 0.717) is 22.1 Å². The molecule has 1 N–H and O–H groups in total. The first-order valence-electron chi connectivity index (χ1n) is 6.63. The van der Waals surface area contributed by atoms with Crippen LogP contribution >= 0.6 is 11.3 Å². The summed E-state index contributed by atoms with van der Waals surface area (Å²) in [6.45, 7) is 0.310. The number of hydrogen-bond acceptors (Lipinski definition) is 5. The lowest BCUT2D eigenvalue weighted by molar-refractivity contribution is -0.140. The van der Waals surface area contributed by atoms with Crippen molar-refractivity contribution in [3.63, 3.8) is 0 Å². The fourth-order valence-electron chi connectivity index (χ4n) is 1.98. The van der Waals surface area contributed by atoms with Crippen molar-refractivity contribution in [1.82, 2.24) is 10.3 Å². The molecule has 122 valence electrons. The SMILES string of the molecule is O=C(NCCc1nc(C(F)(F)F)cs1)c1ccc2c(c1)OCO2. The molecule has 0 saturated carbocycles. The molecular formula is C14H11F3N2O3S. The van der Waals surface area contributed by atoms with Crippen LogP contribution in [0.15, 0.2) is 23.6 Å². The monoisotopic (exact) mass is 344 g/mol. The second kappa shape index (κ2) is 6.07. The fraction of sp³-hybridized carbons (Fsp3) is 0.286. The third kappa shape index (κ3) is 3.55. The molecule has 0 spiro atoms. The van der Waals surface area contributed by atoms with Gasteiger partial charge in [-0.3, -0.25) is 4.79 Å². The van der Waals surface area contributed by atoms with E-state index in [1.54, 1.807) is 18.2 Å². The minimum Gasteiger partial charge on any atom is -0.454 e. The van der Waals surface area contributed by atoms with E-state index in [4.69, 9.17) is 9.47 Å². The number of nitrogens with zero attached hydrogens (tertiary/aromatic N) is 1. The molecule has 0 bridgehead atoms. The maximum atomic E-state index is 12.4. The summed E-state index contributed by atoms with van der Waals surface area (Å²) in [5.41, 5.74) is -0.510. The van der Waals surface area contributed by atoms with Crippen molar-refractivity contribution in [3.05, 3.63) is 39.8 Å². The second-order valence-corrected chi connectivity index (χ2v) is 5.64. The van der Waals surface area contributed by atoms with Crippen molar-refractivity contribution >= 4 is 17.2 Å². The summed E-state index contributed by atoms with van der Waals surface area (Å²) in [6, 6.07) is 4.78. The number of carbonyl (C=O) groups excluding carboxylic acids is 1. The van der Waals surface area contributed by atoms with Gasteiger partial charge in [0.05, 0.1) is 5.01 Å². The van der Waals surface area contributed by atoms with Gasteiger partial charge in [0.25, 0.3) is 5.91 Å². The molecule has 0 fully saturated rings. The number of rotatable bonds is 4. The Balaban J connectivity index is 1.54. The maximum Gasteiger partial charge on any atom is 0.434 e. The van der Waals surface area contributed by atoms with E-state index in [-0.39, 0.29) is 25.7 Å². The highest BCUT2D eigenvalue weighted by Crippen LogP contribution is 2.32. The van der Waals surface area contributed by atoms with Gasteiger partial charge in [-0.15, -0.1) is 11.3 Å². The summed E-state index contributed by atoms with van der Waals surface area (Å²) in [4.78, 5) is 15.5. The Bertz CT molecular complexity index is 730. The molecule has 0 radical (unpaired) electrons. The van der Waals surface area contributed by atoms with E-state index >= 15 is 0 Å². The molecule has 1 aromatic carbocycles.